The first kappa shape index (κ1) is 23.5. The van der Waals surface area contributed by atoms with Gasteiger partial charge in [0, 0.05) is 27.4 Å². The Labute approximate surface area is 182 Å². The number of amides is 1. The molecule has 8 nitrogen and oxygen atoms in total. The van der Waals surface area contributed by atoms with Gasteiger partial charge in [-0.15, -0.1) is 0 Å². The second kappa shape index (κ2) is 10.8. The van der Waals surface area contributed by atoms with Crippen molar-refractivity contribution in [1.29, 1.82) is 0 Å². The fourth-order valence-corrected chi connectivity index (χ4v) is 2.92. The summed E-state index contributed by atoms with van der Waals surface area (Å²) in [6.45, 7) is 1.35. The van der Waals surface area contributed by atoms with E-state index in [1.165, 1.54) is 30.3 Å². The summed E-state index contributed by atoms with van der Waals surface area (Å²) in [4.78, 5) is 35.7. The molecule has 2 aromatic carbocycles. The van der Waals surface area contributed by atoms with Gasteiger partial charge in [-0.25, -0.2) is 4.79 Å². The molecule has 160 valence electrons. The van der Waals surface area contributed by atoms with Crippen LogP contribution in [0.15, 0.2) is 36.4 Å². The van der Waals surface area contributed by atoms with Crippen molar-refractivity contribution in [3.63, 3.8) is 0 Å². The molecule has 3 N–H and O–H groups in total. The monoisotopic (exact) mass is 455 g/mol. The smallest absolute Gasteiger partial charge is 0.342 e. The summed E-state index contributed by atoms with van der Waals surface area (Å²) >= 11 is 11.7. The Balaban J connectivity index is 1.98. The Morgan fingerprint density at radius 3 is 2.33 bits per heavy atom. The van der Waals surface area contributed by atoms with Gasteiger partial charge in [0.1, 0.15) is 17.9 Å². The molecule has 1 atom stereocenters. The van der Waals surface area contributed by atoms with Gasteiger partial charge in [-0.3, -0.25) is 9.59 Å². The summed E-state index contributed by atoms with van der Waals surface area (Å²) in [7, 11) is 0. The minimum atomic E-state index is -1.24. The highest BCUT2D eigenvalue weighted by Crippen LogP contribution is 2.24. The summed E-state index contributed by atoms with van der Waals surface area (Å²) in [6, 6.07) is 8.13. The van der Waals surface area contributed by atoms with E-state index in [1.54, 1.807) is 6.92 Å². The minimum Gasteiger partial charge on any atom is -0.507 e. The molecule has 0 aromatic heterocycles. The van der Waals surface area contributed by atoms with Gasteiger partial charge in [-0.2, -0.15) is 0 Å². The molecule has 1 amide bonds. The zero-order valence-corrected chi connectivity index (χ0v) is 17.4. The molecule has 0 aliphatic carbocycles. The summed E-state index contributed by atoms with van der Waals surface area (Å²) in [6.07, 6.45) is -1.57. The molecule has 0 saturated carbocycles. The van der Waals surface area contributed by atoms with E-state index in [2.05, 4.69) is 10.1 Å². The minimum absolute atomic E-state index is 0.173. The highest BCUT2D eigenvalue weighted by molar-refractivity contribution is 6.35. The van der Waals surface area contributed by atoms with Crippen LogP contribution in [0, 0.1) is 0 Å². The van der Waals surface area contributed by atoms with Gasteiger partial charge >= 0.3 is 11.9 Å². The summed E-state index contributed by atoms with van der Waals surface area (Å²) < 4.78 is 9.58. The van der Waals surface area contributed by atoms with E-state index in [1.807, 2.05) is 0 Å². The molecule has 2 rings (SSSR count). The van der Waals surface area contributed by atoms with E-state index in [-0.39, 0.29) is 29.8 Å². The van der Waals surface area contributed by atoms with Gasteiger partial charge in [0.15, 0.2) is 0 Å². The zero-order chi connectivity index (χ0) is 22.3. The number of aliphatic hydroxyl groups excluding tert-OH is 1. The van der Waals surface area contributed by atoms with Crippen LogP contribution in [0.5, 0.6) is 5.75 Å². The number of carbonyl (C=O) groups excluding carboxylic acids is 3. The normalized spacial score (nSPS) is 11.5. The van der Waals surface area contributed by atoms with Crippen LogP contribution in [0.2, 0.25) is 10.0 Å². The maximum Gasteiger partial charge on any atom is 0.342 e. The molecular weight excluding hydrogens is 437 g/mol. The molecule has 2 aromatic rings. The van der Waals surface area contributed by atoms with Gasteiger partial charge in [-0.05, 0) is 37.3 Å². The standard InChI is InChI=1S/C20H19Cl2NO7/c1-2-29-18(26)9-15(24)10-30-20(28)16-4-3-14(8-17(16)25)23-19(27)11-5-12(21)7-13(22)6-11/h3-8,15,24-25H,2,9-10H2,1H3,(H,23,27). The van der Waals surface area contributed by atoms with Crippen molar-refractivity contribution in [1.82, 2.24) is 0 Å². The van der Waals surface area contributed by atoms with E-state index >= 15 is 0 Å². The molecule has 0 heterocycles. The van der Waals surface area contributed by atoms with Crippen molar-refractivity contribution in [2.75, 3.05) is 18.5 Å². The van der Waals surface area contributed by atoms with Gasteiger partial charge < -0.3 is 25.0 Å². The third-order valence-corrected chi connectivity index (χ3v) is 4.15. The molecule has 0 aliphatic rings. The maximum atomic E-state index is 12.3. The van der Waals surface area contributed by atoms with E-state index in [4.69, 9.17) is 27.9 Å². The van der Waals surface area contributed by atoms with Crippen molar-refractivity contribution in [3.05, 3.63) is 57.6 Å². The number of rotatable bonds is 8. The van der Waals surface area contributed by atoms with Crippen LogP contribution in [-0.4, -0.2) is 47.4 Å². The summed E-state index contributed by atoms with van der Waals surface area (Å²) in [5.74, 6) is -2.49. The van der Waals surface area contributed by atoms with Crippen LogP contribution >= 0.6 is 23.2 Å². The predicted molar refractivity (Wildman–Crippen MR) is 110 cm³/mol. The largest absolute Gasteiger partial charge is 0.507 e. The molecular formula is C20H19Cl2NO7. The first-order valence-corrected chi connectivity index (χ1v) is 9.56. The molecule has 0 aliphatic heterocycles. The van der Waals surface area contributed by atoms with Crippen LogP contribution in [0.25, 0.3) is 0 Å². The Morgan fingerprint density at radius 1 is 1.07 bits per heavy atom. The molecule has 30 heavy (non-hydrogen) atoms. The van der Waals surface area contributed by atoms with E-state index in [9.17, 15) is 24.6 Å². The lowest BCUT2D eigenvalue weighted by Crippen LogP contribution is -2.23. The van der Waals surface area contributed by atoms with E-state index < -0.39 is 36.3 Å². The number of anilines is 1. The molecule has 0 bridgehead atoms. The summed E-state index contributed by atoms with van der Waals surface area (Å²) in [5, 5.41) is 22.9. The number of ether oxygens (including phenoxy) is 2. The fourth-order valence-electron chi connectivity index (χ4n) is 2.39. The molecule has 0 saturated heterocycles. The Hall–Kier alpha value is -2.81. The van der Waals surface area contributed by atoms with Gasteiger partial charge in [0.25, 0.3) is 5.91 Å². The van der Waals surface area contributed by atoms with Gasteiger partial charge in [0.2, 0.25) is 0 Å². The zero-order valence-electron chi connectivity index (χ0n) is 15.9. The highest BCUT2D eigenvalue weighted by Gasteiger charge is 2.18. The number of benzene rings is 2. The highest BCUT2D eigenvalue weighted by atomic mass is 35.5. The number of nitrogens with one attached hydrogen (secondary N) is 1. The predicted octanol–water partition coefficient (Wildman–Crippen LogP) is 3.42. The number of aromatic hydroxyl groups is 1. The third kappa shape index (κ3) is 6.91. The number of aliphatic hydroxyl groups is 1. The lowest BCUT2D eigenvalue weighted by Gasteiger charge is -2.12. The first-order chi connectivity index (χ1) is 14.2. The first-order valence-electron chi connectivity index (χ1n) is 8.80. The van der Waals surface area contributed by atoms with Crippen LogP contribution in [0.1, 0.15) is 34.1 Å². The number of esters is 2. The lowest BCUT2D eigenvalue weighted by molar-refractivity contribution is -0.145. The van der Waals surface area contributed by atoms with Crippen molar-refractivity contribution in [2.45, 2.75) is 19.4 Å². The van der Waals surface area contributed by atoms with Crippen LogP contribution in [0.3, 0.4) is 0 Å². The third-order valence-electron chi connectivity index (χ3n) is 3.71. The van der Waals surface area contributed by atoms with Crippen molar-refractivity contribution in [2.24, 2.45) is 0 Å². The number of halogens is 2. The average Bonchev–Trinajstić information content (AvgIpc) is 2.65. The average molecular weight is 456 g/mol. The number of carbonyl (C=O) groups is 3. The quantitative estimate of drug-likeness (QED) is 0.521. The van der Waals surface area contributed by atoms with Crippen molar-refractivity contribution in [3.8, 4) is 5.75 Å². The van der Waals surface area contributed by atoms with Gasteiger partial charge in [-0.1, -0.05) is 23.2 Å². The maximum absolute atomic E-state index is 12.3. The molecule has 1 unspecified atom stereocenters. The Kier molecular flexibility index (Phi) is 8.46. The molecule has 0 spiro atoms. The van der Waals surface area contributed by atoms with Crippen LogP contribution in [-0.2, 0) is 14.3 Å². The van der Waals surface area contributed by atoms with E-state index in [0.29, 0.717) is 10.0 Å². The van der Waals surface area contributed by atoms with Gasteiger partial charge in [0.05, 0.1) is 19.1 Å². The lowest BCUT2D eigenvalue weighted by atomic mass is 10.1. The van der Waals surface area contributed by atoms with Crippen molar-refractivity contribution >= 4 is 46.7 Å². The second-order valence-electron chi connectivity index (χ2n) is 6.11. The Morgan fingerprint density at radius 2 is 1.73 bits per heavy atom. The number of phenols is 1. The topological polar surface area (TPSA) is 122 Å². The molecule has 0 radical (unpaired) electrons. The number of hydrogen-bond acceptors (Lipinski definition) is 7. The fraction of sp³-hybridized carbons (Fsp3) is 0.250. The molecule has 0 fully saturated rings. The Bertz CT molecular complexity index is 928. The summed E-state index contributed by atoms with van der Waals surface area (Å²) in [5.41, 5.74) is 0.251. The number of phenolic OH excluding ortho intramolecular Hbond substituents is 1. The SMILES string of the molecule is CCOC(=O)CC(O)COC(=O)c1ccc(NC(=O)c2cc(Cl)cc(Cl)c2)cc1O. The van der Waals surface area contributed by atoms with Crippen LogP contribution < -0.4 is 5.32 Å². The van der Waals surface area contributed by atoms with Crippen molar-refractivity contribution < 1.29 is 34.1 Å². The van der Waals surface area contributed by atoms with E-state index in [0.717, 1.165) is 6.07 Å². The molecule has 10 heteroatoms. The number of hydrogen-bond donors (Lipinski definition) is 3. The van der Waals surface area contributed by atoms with Crippen LogP contribution in [0.4, 0.5) is 5.69 Å². The second-order valence-corrected chi connectivity index (χ2v) is 6.98.